The maximum atomic E-state index is 12.3. The summed E-state index contributed by atoms with van der Waals surface area (Å²) in [7, 11) is -3.60. The molecule has 6 nitrogen and oxygen atoms in total. The highest BCUT2D eigenvalue weighted by Crippen LogP contribution is 2.17. The van der Waals surface area contributed by atoms with Gasteiger partial charge in [0.2, 0.25) is 0 Å². The van der Waals surface area contributed by atoms with Crippen molar-refractivity contribution in [3.63, 3.8) is 0 Å². The van der Waals surface area contributed by atoms with Crippen molar-refractivity contribution < 1.29 is 8.42 Å². The van der Waals surface area contributed by atoms with Gasteiger partial charge in [0.15, 0.2) is 0 Å². The number of sulfonamides is 1. The summed E-state index contributed by atoms with van der Waals surface area (Å²) in [5.41, 5.74) is 0.544. The molecule has 0 radical (unpaired) electrons. The van der Waals surface area contributed by atoms with Gasteiger partial charge in [-0.05, 0) is 47.3 Å². The number of likely N-dealkylation sites (N-methyl/N-ethyl adjacent to an activating group) is 1. The van der Waals surface area contributed by atoms with E-state index in [2.05, 4.69) is 37.7 Å². The van der Waals surface area contributed by atoms with Crippen LogP contribution in [0.2, 0.25) is 0 Å². The Morgan fingerprint density at radius 2 is 2.19 bits per heavy atom. The zero-order chi connectivity index (χ0) is 15.3. The number of rotatable bonds is 7. The second kappa shape index (κ2) is 7.23. The zero-order valence-corrected chi connectivity index (χ0v) is 14.6. The molecule has 0 amide bonds. The summed E-state index contributed by atoms with van der Waals surface area (Å²) in [4.78, 5) is 0.165. The van der Waals surface area contributed by atoms with Crippen LogP contribution in [-0.2, 0) is 16.6 Å². The monoisotopic (exact) mass is 420 g/mol. The molecule has 2 aromatic rings. The normalized spacial score (nSPS) is 11.5. The first kappa shape index (κ1) is 16.2. The van der Waals surface area contributed by atoms with Crippen LogP contribution in [0.25, 0.3) is 0 Å². The molecule has 2 rings (SSSR count). The molecule has 1 aromatic carbocycles. The van der Waals surface area contributed by atoms with E-state index in [0.29, 0.717) is 12.2 Å². The van der Waals surface area contributed by atoms with Gasteiger partial charge in [-0.15, -0.1) is 0 Å². The van der Waals surface area contributed by atoms with Gasteiger partial charge in [-0.2, -0.15) is 5.10 Å². The molecule has 2 N–H and O–H groups in total. The Morgan fingerprint density at radius 1 is 1.38 bits per heavy atom. The van der Waals surface area contributed by atoms with Gasteiger partial charge in [0, 0.05) is 22.0 Å². The Balaban J connectivity index is 2.09. The first-order valence-electron chi connectivity index (χ1n) is 6.53. The minimum atomic E-state index is -3.60. The minimum Gasteiger partial charge on any atom is -0.315 e. The molecule has 1 aromatic heterocycles. The lowest BCUT2D eigenvalue weighted by Gasteiger charge is -2.06. The van der Waals surface area contributed by atoms with E-state index in [0.717, 1.165) is 16.7 Å². The van der Waals surface area contributed by atoms with E-state index in [9.17, 15) is 8.42 Å². The predicted octanol–water partition coefficient (Wildman–Crippen LogP) is 1.90. The summed E-state index contributed by atoms with van der Waals surface area (Å²) < 4.78 is 29.7. The molecule has 0 atom stereocenters. The van der Waals surface area contributed by atoms with Gasteiger partial charge in [0.05, 0.1) is 12.7 Å². The van der Waals surface area contributed by atoms with Gasteiger partial charge in [-0.3, -0.25) is 9.40 Å². The second-order valence-electron chi connectivity index (χ2n) is 4.41. The van der Waals surface area contributed by atoms with Gasteiger partial charge in [0.1, 0.15) is 4.90 Å². The number of aromatic nitrogens is 2. The van der Waals surface area contributed by atoms with E-state index in [1.165, 1.54) is 12.4 Å². The van der Waals surface area contributed by atoms with Crippen molar-refractivity contribution in [2.24, 2.45) is 0 Å². The molecule has 1 heterocycles. The second-order valence-corrected chi connectivity index (χ2v) is 7.34. The number of anilines is 1. The van der Waals surface area contributed by atoms with E-state index in [1.54, 1.807) is 22.9 Å². The Labute approximate surface area is 138 Å². The average Bonchev–Trinajstić information content (AvgIpc) is 2.88. The van der Waals surface area contributed by atoms with Crippen LogP contribution >= 0.6 is 22.6 Å². The van der Waals surface area contributed by atoms with Crippen LogP contribution in [-0.4, -0.2) is 31.3 Å². The molecule has 0 aliphatic heterocycles. The summed E-state index contributed by atoms with van der Waals surface area (Å²) >= 11 is 2.14. The Hall–Kier alpha value is -1.13. The molecule has 0 saturated heterocycles. The van der Waals surface area contributed by atoms with E-state index in [-0.39, 0.29) is 4.90 Å². The number of hydrogen-bond acceptors (Lipinski definition) is 4. The molecule has 0 aliphatic rings. The lowest BCUT2D eigenvalue weighted by atomic mass is 10.3. The van der Waals surface area contributed by atoms with Gasteiger partial charge in [0.25, 0.3) is 10.0 Å². The highest BCUT2D eigenvalue weighted by atomic mass is 127. The van der Waals surface area contributed by atoms with Crippen LogP contribution in [0.5, 0.6) is 0 Å². The number of hydrogen-bond donors (Lipinski definition) is 2. The molecular formula is C13H17IN4O2S. The first-order chi connectivity index (χ1) is 10.0. The number of nitrogens with one attached hydrogen (secondary N) is 2. The predicted molar refractivity (Wildman–Crippen MR) is 90.7 cm³/mol. The van der Waals surface area contributed by atoms with Crippen molar-refractivity contribution in [2.45, 2.75) is 18.4 Å². The minimum absolute atomic E-state index is 0.165. The standard InChI is InChI=1S/C13H17IN4O2S/c1-2-15-6-7-18-10-13(9-16-18)21(19,20)17-12-5-3-4-11(14)8-12/h3-5,8-10,15,17H,2,6-7H2,1H3. The molecule has 0 fully saturated rings. The van der Waals surface area contributed by atoms with Crippen molar-refractivity contribution in [3.05, 3.63) is 40.2 Å². The quantitative estimate of drug-likeness (QED) is 0.530. The third-order valence-corrected chi connectivity index (χ3v) is 4.77. The van der Waals surface area contributed by atoms with Crippen LogP contribution in [0.3, 0.4) is 0 Å². The Kier molecular flexibility index (Phi) is 5.59. The average molecular weight is 420 g/mol. The van der Waals surface area contributed by atoms with Gasteiger partial charge in [-0.25, -0.2) is 8.42 Å². The highest BCUT2D eigenvalue weighted by Gasteiger charge is 2.16. The maximum Gasteiger partial charge on any atom is 0.265 e. The van der Waals surface area contributed by atoms with Crippen molar-refractivity contribution in [2.75, 3.05) is 17.8 Å². The van der Waals surface area contributed by atoms with E-state index in [4.69, 9.17) is 0 Å². The number of benzene rings is 1. The largest absolute Gasteiger partial charge is 0.315 e. The topological polar surface area (TPSA) is 76.0 Å². The summed E-state index contributed by atoms with van der Waals surface area (Å²) in [6, 6.07) is 7.19. The fourth-order valence-corrected chi connectivity index (χ4v) is 3.29. The molecule has 0 aliphatic carbocycles. The zero-order valence-electron chi connectivity index (χ0n) is 11.6. The molecule has 0 unspecified atom stereocenters. The lowest BCUT2D eigenvalue weighted by molar-refractivity contribution is 0.564. The third kappa shape index (κ3) is 4.68. The fraction of sp³-hybridized carbons (Fsp3) is 0.308. The van der Waals surface area contributed by atoms with Crippen molar-refractivity contribution in [1.29, 1.82) is 0 Å². The molecule has 0 spiro atoms. The lowest BCUT2D eigenvalue weighted by Crippen LogP contribution is -2.19. The van der Waals surface area contributed by atoms with Gasteiger partial charge < -0.3 is 5.32 Å². The number of halogens is 1. The van der Waals surface area contributed by atoms with E-state index in [1.807, 2.05) is 13.0 Å². The molecule has 0 bridgehead atoms. The van der Waals surface area contributed by atoms with E-state index >= 15 is 0 Å². The van der Waals surface area contributed by atoms with Crippen LogP contribution in [0.1, 0.15) is 6.92 Å². The molecule has 21 heavy (non-hydrogen) atoms. The van der Waals surface area contributed by atoms with Crippen LogP contribution in [0.4, 0.5) is 5.69 Å². The molecule has 0 saturated carbocycles. The van der Waals surface area contributed by atoms with Crippen molar-refractivity contribution in [3.8, 4) is 0 Å². The smallest absolute Gasteiger partial charge is 0.265 e. The third-order valence-electron chi connectivity index (χ3n) is 2.76. The molecule has 8 heteroatoms. The fourth-order valence-electron chi connectivity index (χ4n) is 1.74. The number of nitrogens with zero attached hydrogens (tertiary/aromatic N) is 2. The SMILES string of the molecule is CCNCCn1cc(S(=O)(=O)Nc2cccc(I)c2)cn1. The van der Waals surface area contributed by atoms with Gasteiger partial charge in [-0.1, -0.05) is 13.0 Å². The van der Waals surface area contributed by atoms with Crippen LogP contribution < -0.4 is 10.0 Å². The Morgan fingerprint density at radius 3 is 2.90 bits per heavy atom. The molecule has 114 valence electrons. The van der Waals surface area contributed by atoms with Gasteiger partial charge >= 0.3 is 0 Å². The van der Waals surface area contributed by atoms with Crippen molar-refractivity contribution in [1.82, 2.24) is 15.1 Å². The van der Waals surface area contributed by atoms with E-state index < -0.39 is 10.0 Å². The van der Waals surface area contributed by atoms with Crippen molar-refractivity contribution >= 4 is 38.3 Å². The maximum absolute atomic E-state index is 12.3. The summed E-state index contributed by atoms with van der Waals surface area (Å²) in [6.07, 6.45) is 2.90. The molecular weight excluding hydrogens is 403 g/mol. The summed E-state index contributed by atoms with van der Waals surface area (Å²) in [6.45, 7) is 4.28. The summed E-state index contributed by atoms with van der Waals surface area (Å²) in [5, 5.41) is 7.23. The first-order valence-corrected chi connectivity index (χ1v) is 9.09. The van der Waals surface area contributed by atoms with Crippen LogP contribution in [0, 0.1) is 3.57 Å². The summed E-state index contributed by atoms with van der Waals surface area (Å²) in [5.74, 6) is 0. The highest BCUT2D eigenvalue weighted by molar-refractivity contribution is 14.1. The Bertz CT molecular complexity index is 700. The van der Waals surface area contributed by atoms with Crippen LogP contribution in [0.15, 0.2) is 41.6 Å².